The number of benzene rings is 1. The molecular formula is C20H20FN3S. The molecule has 0 bridgehead atoms. The van der Waals surface area contributed by atoms with E-state index in [4.69, 9.17) is 0 Å². The molecule has 3 nitrogen and oxygen atoms in total. The van der Waals surface area contributed by atoms with Crippen LogP contribution < -0.4 is 5.32 Å². The van der Waals surface area contributed by atoms with E-state index in [2.05, 4.69) is 39.5 Å². The Balaban J connectivity index is 1.51. The second-order valence-electron chi connectivity index (χ2n) is 6.24. The molecule has 4 rings (SSSR count). The topological polar surface area (TPSA) is 28.2 Å². The predicted molar refractivity (Wildman–Crippen MR) is 100.0 cm³/mol. The van der Waals surface area contributed by atoms with Crippen LogP contribution in [0.2, 0.25) is 0 Å². The second kappa shape index (κ2) is 7.44. The third-order valence-electron chi connectivity index (χ3n) is 4.59. The van der Waals surface area contributed by atoms with Gasteiger partial charge in [0.1, 0.15) is 5.82 Å². The lowest BCUT2D eigenvalue weighted by Crippen LogP contribution is -2.45. The molecule has 1 fully saturated rings. The molecule has 0 radical (unpaired) electrons. The summed E-state index contributed by atoms with van der Waals surface area (Å²) in [4.78, 5) is 9.17. The zero-order valence-electron chi connectivity index (χ0n) is 13.9. The minimum absolute atomic E-state index is 0.193. The van der Waals surface area contributed by atoms with Gasteiger partial charge in [0.05, 0.1) is 0 Å². The maximum Gasteiger partial charge on any atom is 0.123 e. The zero-order chi connectivity index (χ0) is 17.1. The van der Waals surface area contributed by atoms with Gasteiger partial charge in [-0.15, -0.1) is 11.3 Å². The fourth-order valence-electron chi connectivity index (χ4n) is 3.28. The van der Waals surface area contributed by atoms with E-state index in [1.165, 1.54) is 27.5 Å². The third kappa shape index (κ3) is 3.79. The number of nitrogens with zero attached hydrogens (tertiary/aromatic N) is 2. The number of pyridine rings is 1. The molecule has 3 aromatic rings. The van der Waals surface area contributed by atoms with Gasteiger partial charge in [0, 0.05) is 54.4 Å². The fraction of sp³-hybridized carbons (Fsp3) is 0.250. The van der Waals surface area contributed by atoms with Gasteiger partial charge in [-0.1, -0.05) is 12.1 Å². The van der Waals surface area contributed by atoms with Gasteiger partial charge in [-0.25, -0.2) is 4.39 Å². The van der Waals surface area contributed by atoms with Crippen LogP contribution in [-0.4, -0.2) is 29.5 Å². The maximum absolute atomic E-state index is 13.1. The van der Waals surface area contributed by atoms with Gasteiger partial charge in [0.15, 0.2) is 0 Å². The molecule has 1 atom stereocenters. The summed E-state index contributed by atoms with van der Waals surface area (Å²) < 4.78 is 13.1. The number of nitrogens with one attached hydrogen (secondary N) is 1. The molecule has 25 heavy (non-hydrogen) atoms. The third-order valence-corrected chi connectivity index (χ3v) is 5.71. The normalized spacial score (nSPS) is 18.4. The first-order valence-corrected chi connectivity index (χ1v) is 9.30. The summed E-state index contributed by atoms with van der Waals surface area (Å²) in [5, 5.41) is 3.49. The number of hydrogen-bond acceptors (Lipinski definition) is 4. The minimum atomic E-state index is -0.193. The molecule has 0 saturated carbocycles. The lowest BCUT2D eigenvalue weighted by Gasteiger charge is -2.36. The van der Waals surface area contributed by atoms with Gasteiger partial charge in [0.2, 0.25) is 0 Å². The highest BCUT2D eigenvalue weighted by Crippen LogP contribution is 2.31. The van der Waals surface area contributed by atoms with E-state index < -0.39 is 0 Å². The van der Waals surface area contributed by atoms with E-state index in [-0.39, 0.29) is 5.82 Å². The number of piperazine rings is 1. The van der Waals surface area contributed by atoms with Gasteiger partial charge < -0.3 is 5.32 Å². The Hall–Kier alpha value is -2.08. The molecule has 128 valence electrons. The molecule has 1 saturated heterocycles. The van der Waals surface area contributed by atoms with E-state index in [0.717, 1.165) is 31.7 Å². The van der Waals surface area contributed by atoms with Crippen LogP contribution in [0.5, 0.6) is 0 Å². The van der Waals surface area contributed by atoms with Gasteiger partial charge >= 0.3 is 0 Å². The lowest BCUT2D eigenvalue weighted by molar-refractivity contribution is 0.155. The molecule has 2 aromatic heterocycles. The van der Waals surface area contributed by atoms with Crippen LogP contribution >= 0.6 is 11.3 Å². The Bertz CT molecular complexity index is 816. The first kappa shape index (κ1) is 16.4. The number of aromatic nitrogens is 1. The summed E-state index contributed by atoms with van der Waals surface area (Å²) in [6.07, 6.45) is 3.72. The molecule has 1 aromatic carbocycles. The average Bonchev–Trinajstić information content (AvgIpc) is 3.12. The molecule has 3 heterocycles. The highest BCUT2D eigenvalue weighted by atomic mass is 32.1. The first-order chi connectivity index (χ1) is 12.3. The van der Waals surface area contributed by atoms with Crippen molar-refractivity contribution in [2.45, 2.75) is 12.6 Å². The molecule has 1 aliphatic rings. The quantitative estimate of drug-likeness (QED) is 0.765. The van der Waals surface area contributed by atoms with E-state index in [1.54, 1.807) is 11.3 Å². The highest BCUT2D eigenvalue weighted by Gasteiger charge is 2.24. The van der Waals surface area contributed by atoms with Crippen molar-refractivity contribution in [2.24, 2.45) is 0 Å². The summed E-state index contributed by atoms with van der Waals surface area (Å²) in [5.41, 5.74) is 2.38. The van der Waals surface area contributed by atoms with Crippen molar-refractivity contribution in [3.63, 3.8) is 0 Å². The van der Waals surface area contributed by atoms with E-state index in [0.29, 0.717) is 6.04 Å². The zero-order valence-corrected chi connectivity index (χ0v) is 14.7. The van der Waals surface area contributed by atoms with Crippen LogP contribution in [0.4, 0.5) is 4.39 Å². The molecule has 0 amide bonds. The summed E-state index contributed by atoms with van der Waals surface area (Å²) in [6, 6.07) is 15.6. The summed E-state index contributed by atoms with van der Waals surface area (Å²) >= 11 is 1.79. The number of thiophene rings is 1. The maximum atomic E-state index is 13.1. The van der Waals surface area contributed by atoms with Crippen LogP contribution in [0, 0.1) is 5.82 Å². The van der Waals surface area contributed by atoms with Crippen molar-refractivity contribution in [3.05, 3.63) is 77.2 Å². The van der Waals surface area contributed by atoms with Crippen LogP contribution in [0.25, 0.3) is 10.4 Å². The van der Waals surface area contributed by atoms with E-state index in [9.17, 15) is 4.39 Å². The average molecular weight is 353 g/mol. The van der Waals surface area contributed by atoms with Crippen molar-refractivity contribution in [2.75, 3.05) is 19.6 Å². The number of halogens is 1. The molecule has 0 aliphatic carbocycles. The molecule has 1 N–H and O–H groups in total. The Morgan fingerprint density at radius 3 is 2.68 bits per heavy atom. The van der Waals surface area contributed by atoms with Gasteiger partial charge in [0.25, 0.3) is 0 Å². The Morgan fingerprint density at radius 1 is 1.08 bits per heavy atom. The van der Waals surface area contributed by atoms with Gasteiger partial charge in [-0.3, -0.25) is 9.88 Å². The van der Waals surface area contributed by atoms with Crippen molar-refractivity contribution in [3.8, 4) is 10.4 Å². The van der Waals surface area contributed by atoms with Crippen LogP contribution in [0.3, 0.4) is 0 Å². The molecule has 1 unspecified atom stereocenters. The summed E-state index contributed by atoms with van der Waals surface area (Å²) in [7, 11) is 0. The largest absolute Gasteiger partial charge is 0.314 e. The SMILES string of the molecule is Fc1ccc(-c2ccc(CN3CCNCC3c3ccncc3)s2)cc1. The van der Waals surface area contributed by atoms with Crippen molar-refractivity contribution in [1.82, 2.24) is 15.2 Å². The smallest absolute Gasteiger partial charge is 0.123 e. The molecule has 0 spiro atoms. The van der Waals surface area contributed by atoms with Gasteiger partial charge in [-0.2, -0.15) is 0 Å². The molecular weight excluding hydrogens is 333 g/mol. The highest BCUT2D eigenvalue weighted by molar-refractivity contribution is 7.15. The van der Waals surface area contributed by atoms with E-state index >= 15 is 0 Å². The predicted octanol–water partition coefficient (Wildman–Crippen LogP) is 4.10. The minimum Gasteiger partial charge on any atom is -0.314 e. The Labute approximate surface area is 151 Å². The van der Waals surface area contributed by atoms with Crippen molar-refractivity contribution in [1.29, 1.82) is 0 Å². The molecule has 5 heteroatoms. The Kier molecular flexibility index (Phi) is 4.88. The summed E-state index contributed by atoms with van der Waals surface area (Å²) in [6.45, 7) is 3.93. The first-order valence-electron chi connectivity index (χ1n) is 8.49. The number of rotatable bonds is 4. The standard InChI is InChI=1S/C20H20FN3S/c21-17-3-1-16(2-4-17)20-6-5-18(25-20)14-24-12-11-23-13-19(24)15-7-9-22-10-8-15/h1-10,19,23H,11-14H2. The van der Waals surface area contributed by atoms with E-state index in [1.807, 2.05) is 24.5 Å². The second-order valence-corrected chi connectivity index (χ2v) is 7.41. The molecule has 1 aliphatic heterocycles. The number of hydrogen-bond donors (Lipinski definition) is 1. The fourth-order valence-corrected chi connectivity index (χ4v) is 4.32. The Morgan fingerprint density at radius 2 is 1.88 bits per heavy atom. The summed E-state index contributed by atoms with van der Waals surface area (Å²) in [5.74, 6) is -0.193. The van der Waals surface area contributed by atoms with Crippen LogP contribution in [-0.2, 0) is 6.54 Å². The van der Waals surface area contributed by atoms with Crippen LogP contribution in [0.1, 0.15) is 16.5 Å². The monoisotopic (exact) mass is 353 g/mol. The lowest BCUT2D eigenvalue weighted by atomic mass is 10.0. The van der Waals surface area contributed by atoms with Gasteiger partial charge in [-0.05, 0) is 47.5 Å². The van der Waals surface area contributed by atoms with Crippen molar-refractivity contribution >= 4 is 11.3 Å². The van der Waals surface area contributed by atoms with Crippen LogP contribution in [0.15, 0.2) is 60.9 Å². The van der Waals surface area contributed by atoms with Crippen molar-refractivity contribution < 1.29 is 4.39 Å².